The third kappa shape index (κ3) is 7.78. The number of carbonyl (C=O) groups is 2. The van der Waals surface area contributed by atoms with E-state index in [2.05, 4.69) is 5.32 Å². The van der Waals surface area contributed by atoms with Crippen LogP contribution in [0.5, 0.6) is 5.75 Å². The van der Waals surface area contributed by atoms with Crippen LogP contribution in [0, 0.1) is 0 Å². The summed E-state index contributed by atoms with van der Waals surface area (Å²) in [6, 6.07) is 16.3. The molecule has 2 amide bonds. The van der Waals surface area contributed by atoms with Crippen molar-refractivity contribution in [2.45, 2.75) is 45.7 Å². The molecule has 1 atom stereocenters. The van der Waals surface area contributed by atoms with Gasteiger partial charge in [0.1, 0.15) is 11.8 Å². The van der Waals surface area contributed by atoms with Crippen LogP contribution in [0.2, 0.25) is 5.02 Å². The highest BCUT2D eigenvalue weighted by Crippen LogP contribution is 2.16. The lowest BCUT2D eigenvalue weighted by Gasteiger charge is -2.29. The van der Waals surface area contributed by atoms with Crippen molar-refractivity contribution in [1.82, 2.24) is 10.2 Å². The summed E-state index contributed by atoms with van der Waals surface area (Å²) in [4.78, 5) is 27.0. The molecule has 0 heterocycles. The van der Waals surface area contributed by atoms with Crippen molar-refractivity contribution in [2.24, 2.45) is 0 Å². The summed E-state index contributed by atoms with van der Waals surface area (Å²) in [5.41, 5.74) is 0.994. The van der Waals surface area contributed by atoms with Crippen LogP contribution in [-0.2, 0) is 16.1 Å². The van der Waals surface area contributed by atoms with Crippen molar-refractivity contribution in [2.75, 3.05) is 13.2 Å². The number of benzene rings is 2. The van der Waals surface area contributed by atoms with Crippen LogP contribution in [0.25, 0.3) is 0 Å². The third-order valence-electron chi connectivity index (χ3n) is 4.53. The van der Waals surface area contributed by atoms with Crippen molar-refractivity contribution in [3.8, 4) is 5.75 Å². The van der Waals surface area contributed by atoms with E-state index in [1.165, 1.54) is 0 Å². The lowest BCUT2D eigenvalue weighted by atomic mass is 10.1. The number of nitrogens with one attached hydrogen (secondary N) is 1. The third-order valence-corrected chi connectivity index (χ3v) is 4.78. The lowest BCUT2D eigenvalue weighted by Crippen LogP contribution is -2.47. The number of halogens is 1. The van der Waals surface area contributed by atoms with Crippen LogP contribution in [0.4, 0.5) is 0 Å². The second-order valence-corrected chi connectivity index (χ2v) is 7.32. The summed E-state index contributed by atoms with van der Waals surface area (Å²) in [7, 11) is 0. The molecular formula is C23H29ClN2O3. The average Bonchev–Trinajstić information content (AvgIpc) is 2.74. The van der Waals surface area contributed by atoms with E-state index in [1.54, 1.807) is 36.1 Å². The van der Waals surface area contributed by atoms with Gasteiger partial charge in [0.05, 0.1) is 6.61 Å². The molecule has 5 nitrogen and oxygen atoms in total. The van der Waals surface area contributed by atoms with Crippen LogP contribution < -0.4 is 10.1 Å². The first-order chi connectivity index (χ1) is 14.0. The highest BCUT2D eigenvalue weighted by atomic mass is 35.5. The summed E-state index contributed by atoms with van der Waals surface area (Å²) in [6.07, 6.45) is 1.73. The number of carbonyl (C=O) groups excluding carboxylic acids is 2. The minimum atomic E-state index is -0.536. The number of hydrogen-bond acceptors (Lipinski definition) is 3. The van der Waals surface area contributed by atoms with Gasteiger partial charge in [0.25, 0.3) is 0 Å². The van der Waals surface area contributed by atoms with Crippen LogP contribution in [-0.4, -0.2) is 35.9 Å². The van der Waals surface area contributed by atoms with E-state index in [0.717, 1.165) is 17.7 Å². The second-order valence-electron chi connectivity index (χ2n) is 6.88. The van der Waals surface area contributed by atoms with E-state index >= 15 is 0 Å². The predicted octanol–water partition coefficient (Wildman–Crippen LogP) is 4.44. The summed E-state index contributed by atoms with van der Waals surface area (Å²) < 4.78 is 5.66. The van der Waals surface area contributed by atoms with E-state index in [4.69, 9.17) is 16.3 Å². The van der Waals surface area contributed by atoms with E-state index < -0.39 is 6.04 Å². The van der Waals surface area contributed by atoms with Gasteiger partial charge in [-0.05, 0) is 49.6 Å². The Morgan fingerprint density at radius 2 is 1.79 bits per heavy atom. The first-order valence-electron chi connectivity index (χ1n) is 10.0. The highest BCUT2D eigenvalue weighted by molar-refractivity contribution is 6.30. The molecule has 0 fully saturated rings. The molecule has 156 valence electrons. The first-order valence-corrected chi connectivity index (χ1v) is 10.4. The fourth-order valence-corrected chi connectivity index (χ4v) is 2.97. The van der Waals surface area contributed by atoms with Gasteiger partial charge >= 0.3 is 0 Å². The molecule has 2 rings (SSSR count). The van der Waals surface area contributed by atoms with Crippen molar-refractivity contribution in [3.05, 3.63) is 65.2 Å². The molecular weight excluding hydrogens is 388 g/mol. The average molecular weight is 417 g/mol. The van der Waals surface area contributed by atoms with Gasteiger partial charge in [0.15, 0.2) is 0 Å². The van der Waals surface area contributed by atoms with E-state index in [1.807, 2.05) is 37.3 Å². The molecule has 0 bridgehead atoms. The van der Waals surface area contributed by atoms with Gasteiger partial charge < -0.3 is 15.0 Å². The minimum Gasteiger partial charge on any atom is -0.494 e. The Kier molecular flexibility index (Phi) is 9.51. The molecule has 0 aliphatic carbocycles. The molecule has 0 aromatic heterocycles. The van der Waals surface area contributed by atoms with Crippen LogP contribution >= 0.6 is 11.6 Å². The Bertz CT molecular complexity index is 765. The Morgan fingerprint density at radius 3 is 2.45 bits per heavy atom. The molecule has 0 radical (unpaired) electrons. The molecule has 1 N–H and O–H groups in total. The number of amides is 2. The minimum absolute atomic E-state index is 0.0623. The summed E-state index contributed by atoms with van der Waals surface area (Å²) in [6.45, 7) is 5.20. The largest absolute Gasteiger partial charge is 0.494 e. The summed E-state index contributed by atoms with van der Waals surface area (Å²) >= 11 is 5.86. The zero-order chi connectivity index (χ0) is 21.1. The quantitative estimate of drug-likeness (QED) is 0.551. The first kappa shape index (κ1) is 22.8. The molecule has 29 heavy (non-hydrogen) atoms. The standard InChI is InChI=1S/C23H29ClN2O3/c1-3-15-25-23(28)18(2)26(17-19-8-5-4-6-9-19)22(27)10-7-16-29-21-13-11-20(24)12-14-21/h4-6,8-9,11-14,18H,3,7,10,15-17H2,1-2H3,(H,25,28)/t18-/m1/s1. The van der Waals surface area contributed by atoms with Crippen molar-refractivity contribution >= 4 is 23.4 Å². The topological polar surface area (TPSA) is 58.6 Å². The van der Waals surface area contributed by atoms with Gasteiger partial charge in [0, 0.05) is 24.5 Å². The number of hydrogen-bond donors (Lipinski definition) is 1. The fourth-order valence-electron chi connectivity index (χ4n) is 2.85. The van der Waals surface area contributed by atoms with Gasteiger partial charge in [-0.15, -0.1) is 0 Å². The predicted molar refractivity (Wildman–Crippen MR) is 116 cm³/mol. The molecule has 2 aromatic rings. The van der Waals surface area contributed by atoms with E-state index in [-0.39, 0.29) is 11.8 Å². The van der Waals surface area contributed by atoms with Crippen molar-refractivity contribution < 1.29 is 14.3 Å². The number of ether oxygens (including phenoxy) is 1. The molecule has 0 saturated carbocycles. The lowest BCUT2D eigenvalue weighted by molar-refractivity contribution is -0.140. The van der Waals surface area contributed by atoms with Crippen LogP contribution in [0.1, 0.15) is 38.7 Å². The Hall–Kier alpha value is -2.53. The van der Waals surface area contributed by atoms with Gasteiger partial charge in [0.2, 0.25) is 11.8 Å². The second kappa shape index (κ2) is 12.1. The normalized spacial score (nSPS) is 11.6. The molecule has 0 unspecified atom stereocenters. The maximum Gasteiger partial charge on any atom is 0.242 e. The Morgan fingerprint density at radius 1 is 1.10 bits per heavy atom. The maximum atomic E-state index is 12.9. The van der Waals surface area contributed by atoms with E-state index in [0.29, 0.717) is 37.6 Å². The van der Waals surface area contributed by atoms with Gasteiger partial charge in [-0.3, -0.25) is 9.59 Å². The van der Waals surface area contributed by atoms with Gasteiger partial charge in [-0.1, -0.05) is 48.9 Å². The summed E-state index contributed by atoms with van der Waals surface area (Å²) in [5, 5.41) is 3.53. The molecule has 6 heteroatoms. The molecule has 0 saturated heterocycles. The fraction of sp³-hybridized carbons (Fsp3) is 0.391. The molecule has 2 aromatic carbocycles. The van der Waals surface area contributed by atoms with Crippen molar-refractivity contribution in [3.63, 3.8) is 0 Å². The monoisotopic (exact) mass is 416 g/mol. The maximum absolute atomic E-state index is 12.9. The summed E-state index contributed by atoms with van der Waals surface area (Å²) in [5.74, 6) is 0.525. The van der Waals surface area contributed by atoms with E-state index in [9.17, 15) is 9.59 Å². The Balaban J connectivity index is 1.93. The highest BCUT2D eigenvalue weighted by Gasteiger charge is 2.25. The Labute approximate surface area is 178 Å². The smallest absolute Gasteiger partial charge is 0.242 e. The molecule has 0 aliphatic rings. The zero-order valence-electron chi connectivity index (χ0n) is 17.1. The molecule has 0 spiro atoms. The van der Waals surface area contributed by atoms with Gasteiger partial charge in [-0.25, -0.2) is 0 Å². The van der Waals surface area contributed by atoms with Crippen LogP contribution in [0.3, 0.4) is 0 Å². The van der Waals surface area contributed by atoms with Crippen LogP contribution in [0.15, 0.2) is 54.6 Å². The number of nitrogens with zero attached hydrogens (tertiary/aromatic N) is 1. The van der Waals surface area contributed by atoms with Gasteiger partial charge in [-0.2, -0.15) is 0 Å². The molecule has 0 aliphatic heterocycles. The van der Waals surface area contributed by atoms with Crippen molar-refractivity contribution in [1.29, 1.82) is 0 Å². The SMILES string of the molecule is CCCNC(=O)[C@@H](C)N(Cc1ccccc1)C(=O)CCCOc1ccc(Cl)cc1. The zero-order valence-corrected chi connectivity index (χ0v) is 17.8. The number of rotatable bonds is 11.